The summed E-state index contributed by atoms with van der Waals surface area (Å²) in [6, 6.07) is 0.890. The Kier molecular flexibility index (Phi) is 2.50. The van der Waals surface area contributed by atoms with Crippen LogP contribution in [0, 0.1) is 0 Å². The minimum absolute atomic E-state index is 0.113. The van der Waals surface area contributed by atoms with Gasteiger partial charge in [-0.3, -0.25) is 4.79 Å². The molecule has 0 amide bonds. The van der Waals surface area contributed by atoms with Crippen molar-refractivity contribution < 1.29 is 18.6 Å². The highest BCUT2D eigenvalue weighted by Gasteiger charge is 2.17. The summed E-state index contributed by atoms with van der Waals surface area (Å²) < 4.78 is 28.8. The number of rotatable bonds is 2. The predicted molar refractivity (Wildman–Crippen MR) is 40.2 cm³/mol. The maximum atomic E-state index is 12.1. The molecule has 1 aromatic rings. The SMILES string of the molecule is COc1cc(=O)c(O)c(C(F)F)[nH]1. The van der Waals surface area contributed by atoms with Crippen LogP contribution in [0.4, 0.5) is 8.78 Å². The van der Waals surface area contributed by atoms with E-state index in [0.29, 0.717) is 0 Å². The number of aromatic amines is 1. The van der Waals surface area contributed by atoms with E-state index in [1.165, 1.54) is 7.11 Å². The van der Waals surface area contributed by atoms with Crippen molar-refractivity contribution in [3.8, 4) is 11.6 Å². The number of aromatic nitrogens is 1. The van der Waals surface area contributed by atoms with Crippen LogP contribution >= 0.6 is 0 Å². The number of pyridine rings is 1. The van der Waals surface area contributed by atoms with E-state index in [4.69, 9.17) is 5.11 Å². The fraction of sp³-hybridized carbons (Fsp3) is 0.286. The van der Waals surface area contributed by atoms with Crippen LogP contribution in [0.25, 0.3) is 0 Å². The Balaban J connectivity index is 3.33. The minimum atomic E-state index is -2.94. The summed E-state index contributed by atoms with van der Waals surface area (Å²) in [6.07, 6.45) is -2.94. The molecule has 1 rings (SSSR count). The monoisotopic (exact) mass is 191 g/mol. The zero-order chi connectivity index (χ0) is 10.0. The number of ether oxygens (including phenoxy) is 1. The molecule has 0 aliphatic rings. The van der Waals surface area contributed by atoms with Crippen LogP contribution in [0.2, 0.25) is 0 Å². The van der Waals surface area contributed by atoms with Crippen LogP contribution in [0.1, 0.15) is 12.1 Å². The molecule has 0 bridgehead atoms. The summed E-state index contributed by atoms with van der Waals surface area (Å²) in [5.41, 5.74) is -1.73. The highest BCUT2D eigenvalue weighted by Crippen LogP contribution is 2.24. The third-order valence-electron chi connectivity index (χ3n) is 1.45. The standard InChI is InChI=1S/C7H7F2NO3/c1-13-4-2-3(11)6(12)5(10-4)7(8)9/h2,7,12H,1H3,(H,10,11). The third kappa shape index (κ3) is 1.77. The number of hydrogen-bond acceptors (Lipinski definition) is 3. The van der Waals surface area contributed by atoms with E-state index in [9.17, 15) is 13.6 Å². The molecule has 13 heavy (non-hydrogen) atoms. The number of aromatic hydroxyl groups is 1. The molecule has 0 fully saturated rings. The van der Waals surface area contributed by atoms with Crippen molar-refractivity contribution >= 4 is 0 Å². The first-order valence-electron chi connectivity index (χ1n) is 3.34. The Morgan fingerprint density at radius 3 is 2.69 bits per heavy atom. The molecule has 1 aromatic heterocycles. The fourth-order valence-electron chi connectivity index (χ4n) is 0.816. The number of halogens is 2. The van der Waals surface area contributed by atoms with Crippen molar-refractivity contribution in [3.05, 3.63) is 22.0 Å². The van der Waals surface area contributed by atoms with Crippen LogP contribution in [0.5, 0.6) is 11.6 Å². The molecule has 72 valence electrons. The van der Waals surface area contributed by atoms with E-state index >= 15 is 0 Å². The van der Waals surface area contributed by atoms with Gasteiger partial charge >= 0.3 is 0 Å². The van der Waals surface area contributed by atoms with Gasteiger partial charge in [0.1, 0.15) is 5.69 Å². The molecular weight excluding hydrogens is 184 g/mol. The van der Waals surface area contributed by atoms with Gasteiger partial charge in [-0.1, -0.05) is 0 Å². The molecular formula is C7H7F2NO3. The van der Waals surface area contributed by atoms with Crippen molar-refractivity contribution in [3.63, 3.8) is 0 Å². The fourth-order valence-corrected chi connectivity index (χ4v) is 0.816. The lowest BCUT2D eigenvalue weighted by Crippen LogP contribution is -2.06. The molecule has 0 spiro atoms. The smallest absolute Gasteiger partial charge is 0.282 e. The molecule has 4 nitrogen and oxygen atoms in total. The molecule has 0 radical (unpaired) electrons. The number of hydrogen-bond donors (Lipinski definition) is 2. The molecule has 0 aliphatic heterocycles. The van der Waals surface area contributed by atoms with Crippen molar-refractivity contribution in [1.29, 1.82) is 0 Å². The van der Waals surface area contributed by atoms with E-state index in [2.05, 4.69) is 9.72 Å². The Labute approximate surface area is 71.8 Å². The number of H-pyrrole nitrogens is 1. The largest absolute Gasteiger partial charge is 0.503 e. The minimum Gasteiger partial charge on any atom is -0.503 e. The lowest BCUT2D eigenvalue weighted by atomic mass is 10.3. The van der Waals surface area contributed by atoms with Crippen LogP contribution in [-0.4, -0.2) is 17.2 Å². The van der Waals surface area contributed by atoms with Gasteiger partial charge in [-0.2, -0.15) is 0 Å². The number of alkyl halides is 2. The summed E-state index contributed by atoms with van der Waals surface area (Å²) in [7, 11) is 1.22. The van der Waals surface area contributed by atoms with Crippen molar-refractivity contribution in [2.45, 2.75) is 6.43 Å². The van der Waals surface area contributed by atoms with Gasteiger partial charge in [-0.05, 0) is 0 Å². The first-order valence-corrected chi connectivity index (χ1v) is 3.34. The van der Waals surface area contributed by atoms with Crippen molar-refractivity contribution in [2.75, 3.05) is 7.11 Å². The maximum absolute atomic E-state index is 12.1. The lowest BCUT2D eigenvalue weighted by Gasteiger charge is -2.05. The Morgan fingerprint density at radius 1 is 1.62 bits per heavy atom. The molecule has 0 unspecified atom stereocenters. The molecule has 0 aromatic carbocycles. The summed E-state index contributed by atoms with van der Waals surface area (Å²) in [5, 5.41) is 8.91. The van der Waals surface area contributed by atoms with E-state index in [0.717, 1.165) is 6.07 Å². The third-order valence-corrected chi connectivity index (χ3v) is 1.45. The molecule has 6 heteroatoms. The molecule has 0 saturated carbocycles. The highest BCUT2D eigenvalue weighted by molar-refractivity contribution is 5.31. The zero-order valence-corrected chi connectivity index (χ0v) is 6.67. The number of nitrogens with one attached hydrogen (secondary N) is 1. The van der Waals surface area contributed by atoms with Gasteiger partial charge in [0, 0.05) is 6.07 Å². The van der Waals surface area contributed by atoms with Crippen molar-refractivity contribution in [2.24, 2.45) is 0 Å². The van der Waals surface area contributed by atoms with Crippen LogP contribution in [-0.2, 0) is 0 Å². The van der Waals surface area contributed by atoms with Gasteiger partial charge in [-0.25, -0.2) is 8.78 Å². The Hall–Kier alpha value is -1.59. The second kappa shape index (κ2) is 3.42. The van der Waals surface area contributed by atoms with Gasteiger partial charge in [0.05, 0.1) is 7.11 Å². The second-order valence-electron chi connectivity index (χ2n) is 2.26. The van der Waals surface area contributed by atoms with E-state index in [-0.39, 0.29) is 5.88 Å². The molecule has 0 aliphatic carbocycles. The molecule has 0 saturated heterocycles. The summed E-state index contributed by atoms with van der Waals surface area (Å²) in [4.78, 5) is 12.9. The first kappa shape index (κ1) is 9.50. The van der Waals surface area contributed by atoms with E-state index in [1.807, 2.05) is 0 Å². The van der Waals surface area contributed by atoms with Gasteiger partial charge < -0.3 is 14.8 Å². The molecule has 1 heterocycles. The average Bonchev–Trinajstić information content (AvgIpc) is 2.09. The van der Waals surface area contributed by atoms with Crippen molar-refractivity contribution in [1.82, 2.24) is 4.98 Å². The average molecular weight is 191 g/mol. The Morgan fingerprint density at radius 2 is 2.23 bits per heavy atom. The topological polar surface area (TPSA) is 62.3 Å². The van der Waals surface area contributed by atoms with E-state index < -0.39 is 23.3 Å². The number of methoxy groups -OCH3 is 1. The van der Waals surface area contributed by atoms with Gasteiger partial charge in [0.25, 0.3) is 6.43 Å². The molecule has 2 N–H and O–H groups in total. The summed E-state index contributed by atoms with van der Waals surface area (Å²) in [6.45, 7) is 0. The lowest BCUT2D eigenvalue weighted by molar-refractivity contribution is 0.140. The van der Waals surface area contributed by atoms with Gasteiger partial charge in [-0.15, -0.1) is 0 Å². The summed E-state index contributed by atoms with van der Waals surface area (Å²) >= 11 is 0. The summed E-state index contributed by atoms with van der Waals surface area (Å²) in [5.74, 6) is -1.09. The Bertz CT molecular complexity index is 361. The van der Waals surface area contributed by atoms with Crippen LogP contribution in [0.3, 0.4) is 0 Å². The maximum Gasteiger partial charge on any atom is 0.282 e. The van der Waals surface area contributed by atoms with Crippen LogP contribution in [0.15, 0.2) is 10.9 Å². The predicted octanol–water partition coefficient (Wildman–Crippen LogP) is 1.03. The van der Waals surface area contributed by atoms with Gasteiger partial charge in [0.15, 0.2) is 11.6 Å². The van der Waals surface area contributed by atoms with E-state index in [1.54, 1.807) is 0 Å². The quantitative estimate of drug-likeness (QED) is 0.733. The molecule has 0 atom stereocenters. The first-order chi connectivity index (χ1) is 6.06. The second-order valence-corrected chi connectivity index (χ2v) is 2.26. The highest BCUT2D eigenvalue weighted by atomic mass is 19.3. The van der Waals surface area contributed by atoms with Crippen LogP contribution < -0.4 is 10.2 Å². The van der Waals surface area contributed by atoms with Gasteiger partial charge in [0.2, 0.25) is 5.43 Å². The zero-order valence-electron chi connectivity index (χ0n) is 6.67. The normalized spacial score (nSPS) is 10.5.